The second kappa shape index (κ2) is 7.75. The van der Waals surface area contributed by atoms with Crippen molar-refractivity contribution in [2.45, 2.75) is 13.1 Å². The highest BCUT2D eigenvalue weighted by atomic mass is 32.1. The molecule has 2 radical (unpaired) electrons. The highest BCUT2D eigenvalue weighted by molar-refractivity contribution is 7.20. The number of nitrogens with zero attached hydrogens (tertiary/aromatic N) is 1. The maximum atomic E-state index is 13.4. The third-order valence-electron chi connectivity index (χ3n) is 4.01. The minimum absolute atomic E-state index is 0.388. The third-order valence-corrected chi connectivity index (χ3v) is 4.92. The second-order valence-electron chi connectivity index (χ2n) is 5.88. The Morgan fingerprint density at radius 2 is 2.00 bits per heavy atom. The van der Waals surface area contributed by atoms with Crippen molar-refractivity contribution in [3.05, 3.63) is 101 Å². The van der Waals surface area contributed by atoms with E-state index in [1.807, 2.05) is 35.4 Å². The van der Waals surface area contributed by atoms with Crippen LogP contribution in [-0.2, 0) is 13.1 Å². The Labute approximate surface area is 157 Å². The second-order valence-corrected chi connectivity index (χ2v) is 7.08. The van der Waals surface area contributed by atoms with Crippen molar-refractivity contribution in [3.8, 4) is 0 Å². The van der Waals surface area contributed by atoms with E-state index in [2.05, 4.69) is 18.5 Å². The molecule has 130 valence electrons. The molecule has 1 aliphatic heterocycles. The summed E-state index contributed by atoms with van der Waals surface area (Å²) in [4.78, 5) is 2.98. The van der Waals surface area contributed by atoms with Gasteiger partial charge in [-0.15, -0.1) is 0 Å². The standard InChI is InChI=1S/C20H17BF2N2S/c1-13(24-11-16-6-8-20(21)26-16)17-4-3-9-25(14(17)2)12-15-5-7-18(22)19(23)10-15/h3-10,24H,1-2,11-12H2. The van der Waals surface area contributed by atoms with E-state index >= 15 is 0 Å². The van der Waals surface area contributed by atoms with Gasteiger partial charge in [0.05, 0.1) is 0 Å². The fourth-order valence-electron chi connectivity index (χ4n) is 2.62. The van der Waals surface area contributed by atoms with Crippen LogP contribution in [0.3, 0.4) is 0 Å². The Hall–Kier alpha value is -2.60. The summed E-state index contributed by atoms with van der Waals surface area (Å²) < 4.78 is 27.3. The maximum Gasteiger partial charge on any atom is 0.159 e. The summed E-state index contributed by atoms with van der Waals surface area (Å²) in [6, 6.07) is 7.73. The van der Waals surface area contributed by atoms with Crippen LogP contribution in [0.15, 0.2) is 78.8 Å². The largest absolute Gasteiger partial charge is 0.380 e. The van der Waals surface area contributed by atoms with Crippen molar-refractivity contribution in [2.24, 2.45) is 0 Å². The average molecular weight is 366 g/mol. The van der Waals surface area contributed by atoms with Crippen LogP contribution in [0.25, 0.3) is 0 Å². The highest BCUT2D eigenvalue weighted by Crippen LogP contribution is 2.26. The number of rotatable bonds is 6. The van der Waals surface area contributed by atoms with Crippen LogP contribution in [0.1, 0.15) is 10.4 Å². The van der Waals surface area contributed by atoms with E-state index in [1.54, 1.807) is 6.07 Å². The topological polar surface area (TPSA) is 15.3 Å². The predicted molar refractivity (Wildman–Crippen MR) is 104 cm³/mol. The Kier molecular flexibility index (Phi) is 5.42. The molecule has 0 unspecified atom stereocenters. The van der Waals surface area contributed by atoms with Gasteiger partial charge in [0.2, 0.25) is 0 Å². The van der Waals surface area contributed by atoms with Crippen LogP contribution in [-0.4, -0.2) is 12.7 Å². The minimum Gasteiger partial charge on any atom is -0.380 e. The molecule has 0 spiro atoms. The zero-order valence-corrected chi connectivity index (χ0v) is 15.0. The normalized spacial score (nSPS) is 13.7. The number of benzene rings is 1. The number of thiophene rings is 1. The summed E-state index contributed by atoms with van der Waals surface area (Å²) in [7, 11) is 5.74. The average Bonchev–Trinajstić information content (AvgIpc) is 3.03. The summed E-state index contributed by atoms with van der Waals surface area (Å²) in [5, 5.41) is 3.27. The molecule has 0 saturated heterocycles. The quantitative estimate of drug-likeness (QED) is 0.781. The lowest BCUT2D eigenvalue weighted by molar-refractivity contribution is 0.457. The molecule has 0 amide bonds. The Morgan fingerprint density at radius 3 is 2.69 bits per heavy atom. The first-order chi connectivity index (χ1) is 12.4. The van der Waals surface area contributed by atoms with Gasteiger partial charge in [0.1, 0.15) is 7.85 Å². The summed E-state index contributed by atoms with van der Waals surface area (Å²) in [6.45, 7) is 9.21. The predicted octanol–water partition coefficient (Wildman–Crippen LogP) is 3.89. The molecule has 2 nitrogen and oxygen atoms in total. The summed E-state index contributed by atoms with van der Waals surface area (Å²) in [6.07, 6.45) is 5.64. The fourth-order valence-corrected chi connectivity index (χ4v) is 3.34. The van der Waals surface area contributed by atoms with Crippen molar-refractivity contribution < 1.29 is 8.78 Å². The molecule has 26 heavy (non-hydrogen) atoms. The van der Waals surface area contributed by atoms with Gasteiger partial charge in [-0.2, -0.15) is 11.3 Å². The zero-order valence-electron chi connectivity index (χ0n) is 14.1. The Balaban J connectivity index is 1.64. The van der Waals surface area contributed by atoms with Gasteiger partial charge >= 0.3 is 0 Å². The summed E-state index contributed by atoms with van der Waals surface area (Å²) in [5.41, 5.74) is 2.99. The van der Waals surface area contributed by atoms with Gasteiger partial charge in [-0.25, -0.2) is 8.78 Å². The molecule has 1 aromatic heterocycles. The molecule has 2 heterocycles. The van der Waals surface area contributed by atoms with E-state index < -0.39 is 11.6 Å². The smallest absolute Gasteiger partial charge is 0.159 e. The minimum atomic E-state index is -0.855. The van der Waals surface area contributed by atoms with Crippen LogP contribution < -0.4 is 10.1 Å². The van der Waals surface area contributed by atoms with Crippen LogP contribution >= 0.6 is 11.3 Å². The van der Waals surface area contributed by atoms with E-state index in [0.29, 0.717) is 18.7 Å². The van der Waals surface area contributed by atoms with Crippen LogP contribution in [0.2, 0.25) is 0 Å². The molecule has 1 aliphatic rings. The molecule has 1 aromatic carbocycles. The Bertz CT molecular complexity index is 914. The molecule has 0 atom stereocenters. The lowest BCUT2D eigenvalue weighted by atomic mass is 10.1. The van der Waals surface area contributed by atoms with Gasteiger partial charge in [-0.3, -0.25) is 0 Å². The Morgan fingerprint density at radius 1 is 1.19 bits per heavy atom. The zero-order chi connectivity index (χ0) is 18.7. The lowest BCUT2D eigenvalue weighted by Gasteiger charge is -2.28. The van der Waals surface area contributed by atoms with Gasteiger partial charge in [-0.1, -0.05) is 25.3 Å². The molecule has 0 saturated carbocycles. The molecule has 1 N–H and O–H groups in total. The number of halogens is 2. The summed E-state index contributed by atoms with van der Waals surface area (Å²) in [5.74, 6) is -1.71. The van der Waals surface area contributed by atoms with Gasteiger partial charge in [-0.05, 0) is 40.7 Å². The fraction of sp³-hybridized carbons (Fsp3) is 0.100. The molecule has 0 fully saturated rings. The van der Waals surface area contributed by atoms with E-state index in [4.69, 9.17) is 7.85 Å². The molecule has 3 rings (SSSR count). The molecule has 0 bridgehead atoms. The third kappa shape index (κ3) is 4.14. The van der Waals surface area contributed by atoms with E-state index in [1.165, 1.54) is 17.4 Å². The van der Waals surface area contributed by atoms with E-state index in [0.717, 1.165) is 32.7 Å². The number of nitrogens with one attached hydrogen (secondary N) is 1. The van der Waals surface area contributed by atoms with E-state index in [9.17, 15) is 8.78 Å². The molecular formula is C20H17BF2N2S. The molecule has 2 aromatic rings. The van der Waals surface area contributed by atoms with Crippen molar-refractivity contribution in [1.82, 2.24) is 10.2 Å². The number of hydrogen-bond donors (Lipinski definition) is 1. The van der Waals surface area contributed by atoms with Crippen molar-refractivity contribution >= 4 is 24.0 Å². The van der Waals surface area contributed by atoms with Crippen molar-refractivity contribution in [2.75, 3.05) is 0 Å². The van der Waals surface area contributed by atoms with E-state index in [-0.39, 0.29) is 0 Å². The van der Waals surface area contributed by atoms with Gasteiger partial charge in [0.25, 0.3) is 0 Å². The van der Waals surface area contributed by atoms with Crippen LogP contribution in [0, 0.1) is 11.6 Å². The van der Waals surface area contributed by atoms with Crippen molar-refractivity contribution in [3.63, 3.8) is 0 Å². The van der Waals surface area contributed by atoms with Crippen LogP contribution in [0.5, 0.6) is 0 Å². The monoisotopic (exact) mass is 366 g/mol. The van der Waals surface area contributed by atoms with Crippen LogP contribution in [0.4, 0.5) is 8.78 Å². The van der Waals surface area contributed by atoms with Gasteiger partial charge in [0.15, 0.2) is 11.6 Å². The first kappa shape index (κ1) is 18.2. The summed E-state index contributed by atoms with van der Waals surface area (Å²) >= 11 is 1.52. The highest BCUT2D eigenvalue weighted by Gasteiger charge is 2.16. The SMILES string of the molecule is [B]c1ccc(CNC(=C)C2=CC=CN(Cc3ccc(F)c(F)c3)C2=C)s1. The molecule has 0 aliphatic carbocycles. The number of allylic oxidation sites excluding steroid dienone is 2. The first-order valence-corrected chi connectivity index (χ1v) is 8.81. The van der Waals surface area contributed by atoms with Gasteiger partial charge < -0.3 is 10.2 Å². The lowest BCUT2D eigenvalue weighted by Crippen LogP contribution is -2.23. The maximum absolute atomic E-state index is 13.4. The molecular weight excluding hydrogens is 349 g/mol. The molecule has 6 heteroatoms. The van der Waals surface area contributed by atoms with Gasteiger partial charge in [0, 0.05) is 41.1 Å². The van der Waals surface area contributed by atoms with Crippen molar-refractivity contribution in [1.29, 1.82) is 0 Å². The first-order valence-electron chi connectivity index (χ1n) is 7.99. The number of hydrogen-bond acceptors (Lipinski definition) is 3.